The topological polar surface area (TPSA) is 59.1 Å². The molecule has 2 N–H and O–H groups in total. The number of ether oxygens (including phenoxy) is 1. The summed E-state index contributed by atoms with van der Waals surface area (Å²) in [6.07, 6.45) is 3.46. The number of nitrogens with one attached hydrogen (secondary N) is 2. The first-order valence-corrected chi connectivity index (χ1v) is 10.2. The fourth-order valence-electron chi connectivity index (χ4n) is 4.01. The first kappa shape index (κ1) is 19.2. The third kappa shape index (κ3) is 4.50. The Morgan fingerprint density at radius 1 is 1.03 bits per heavy atom. The molecule has 0 unspecified atom stereocenters. The van der Waals surface area contributed by atoms with E-state index in [1.807, 2.05) is 31.2 Å². The van der Waals surface area contributed by atoms with Gasteiger partial charge in [0.15, 0.2) is 0 Å². The van der Waals surface area contributed by atoms with Gasteiger partial charge in [-0.05, 0) is 61.9 Å². The highest BCUT2D eigenvalue weighted by Crippen LogP contribution is 2.32. The second kappa shape index (κ2) is 8.52. The second-order valence-corrected chi connectivity index (χ2v) is 7.62. The van der Waals surface area contributed by atoms with Crippen LogP contribution < -0.4 is 15.4 Å². The van der Waals surface area contributed by atoms with E-state index in [4.69, 9.17) is 4.74 Å². The van der Waals surface area contributed by atoms with Crippen LogP contribution in [0.5, 0.6) is 5.75 Å². The Balaban J connectivity index is 1.52. The zero-order chi connectivity index (χ0) is 20.2. The van der Waals surface area contributed by atoms with Crippen LogP contribution in [0.2, 0.25) is 0 Å². The van der Waals surface area contributed by atoms with Gasteiger partial charge in [-0.15, -0.1) is 0 Å². The molecule has 1 heterocycles. The van der Waals surface area contributed by atoms with E-state index in [1.54, 1.807) is 7.11 Å². The maximum atomic E-state index is 5.34. The molecule has 1 aliphatic rings. The van der Waals surface area contributed by atoms with Crippen molar-refractivity contribution in [2.24, 2.45) is 0 Å². The summed E-state index contributed by atoms with van der Waals surface area (Å²) in [6.45, 7) is 4.05. The molecule has 2 aromatic carbocycles. The van der Waals surface area contributed by atoms with E-state index < -0.39 is 0 Å². The average molecular weight is 389 g/mol. The number of benzene rings is 2. The lowest BCUT2D eigenvalue weighted by molar-refractivity contribution is 0.414. The number of hydrogen-bond acceptors (Lipinski definition) is 5. The van der Waals surface area contributed by atoms with Crippen LogP contribution in [-0.2, 0) is 6.42 Å². The molecule has 3 aromatic rings. The van der Waals surface area contributed by atoms with Gasteiger partial charge in [0.1, 0.15) is 23.2 Å². The van der Waals surface area contributed by atoms with Crippen LogP contribution in [0.25, 0.3) is 0 Å². The van der Waals surface area contributed by atoms with E-state index in [0.717, 1.165) is 41.6 Å². The van der Waals surface area contributed by atoms with Crippen LogP contribution in [-0.4, -0.2) is 17.1 Å². The van der Waals surface area contributed by atoms with E-state index in [9.17, 15) is 0 Å². The molecule has 5 nitrogen and oxygen atoms in total. The summed E-state index contributed by atoms with van der Waals surface area (Å²) in [7, 11) is 1.69. The number of anilines is 2. The van der Waals surface area contributed by atoms with Gasteiger partial charge in [-0.2, -0.15) is 0 Å². The number of hydrogen-bond donors (Lipinski definition) is 2. The SMILES string of the molecule is COc1cccc([C@H](C)Nc2cc(N[C@@H]3CCCc4ccccc43)nc(C)n2)c1. The van der Waals surface area contributed by atoms with Gasteiger partial charge in [-0.1, -0.05) is 36.4 Å². The van der Waals surface area contributed by atoms with Gasteiger partial charge in [0, 0.05) is 6.07 Å². The summed E-state index contributed by atoms with van der Waals surface area (Å²) in [5, 5.41) is 7.14. The largest absolute Gasteiger partial charge is 0.497 e. The van der Waals surface area contributed by atoms with E-state index in [1.165, 1.54) is 17.5 Å². The Hall–Kier alpha value is -3.08. The number of aryl methyl sites for hydroxylation is 2. The minimum atomic E-state index is 0.0997. The number of aromatic nitrogens is 2. The number of nitrogens with zero attached hydrogens (tertiary/aromatic N) is 2. The van der Waals surface area contributed by atoms with Crippen molar-refractivity contribution in [3.05, 3.63) is 77.1 Å². The van der Waals surface area contributed by atoms with Crippen LogP contribution in [0.4, 0.5) is 11.6 Å². The molecule has 0 aliphatic heterocycles. The molecule has 0 amide bonds. The lowest BCUT2D eigenvalue weighted by atomic mass is 9.88. The maximum absolute atomic E-state index is 5.34. The molecular formula is C24H28N4O. The predicted octanol–water partition coefficient (Wildman–Crippen LogP) is 5.46. The van der Waals surface area contributed by atoms with Gasteiger partial charge in [0.25, 0.3) is 0 Å². The summed E-state index contributed by atoms with van der Waals surface area (Å²) in [6, 6.07) is 19.2. The first-order valence-electron chi connectivity index (χ1n) is 10.2. The van der Waals surface area contributed by atoms with Crippen LogP contribution >= 0.6 is 0 Å². The predicted molar refractivity (Wildman–Crippen MR) is 118 cm³/mol. The van der Waals surface area contributed by atoms with Crippen LogP contribution in [0, 0.1) is 6.92 Å². The lowest BCUT2D eigenvalue weighted by Crippen LogP contribution is -2.18. The summed E-state index contributed by atoms with van der Waals surface area (Å²) in [5.74, 6) is 3.28. The van der Waals surface area contributed by atoms with Crippen molar-refractivity contribution in [1.29, 1.82) is 0 Å². The minimum Gasteiger partial charge on any atom is -0.497 e. The molecule has 29 heavy (non-hydrogen) atoms. The van der Waals surface area contributed by atoms with Crippen molar-refractivity contribution < 1.29 is 4.74 Å². The molecule has 2 atom stereocenters. The van der Waals surface area contributed by atoms with E-state index in [2.05, 4.69) is 57.9 Å². The van der Waals surface area contributed by atoms with Gasteiger partial charge >= 0.3 is 0 Å². The lowest BCUT2D eigenvalue weighted by Gasteiger charge is -2.27. The second-order valence-electron chi connectivity index (χ2n) is 7.62. The zero-order valence-electron chi connectivity index (χ0n) is 17.3. The highest BCUT2D eigenvalue weighted by molar-refractivity contribution is 5.51. The normalized spacial score (nSPS) is 16.6. The fraction of sp³-hybridized carbons (Fsp3) is 0.333. The van der Waals surface area contributed by atoms with Crippen molar-refractivity contribution in [3.8, 4) is 5.75 Å². The zero-order valence-corrected chi connectivity index (χ0v) is 17.3. The molecular weight excluding hydrogens is 360 g/mol. The van der Waals surface area contributed by atoms with E-state index >= 15 is 0 Å². The van der Waals surface area contributed by atoms with Gasteiger partial charge < -0.3 is 15.4 Å². The Labute approximate surface area is 172 Å². The Kier molecular flexibility index (Phi) is 5.65. The van der Waals surface area contributed by atoms with Crippen LogP contribution in [0.15, 0.2) is 54.6 Å². The number of rotatable bonds is 6. The molecule has 0 saturated heterocycles. The van der Waals surface area contributed by atoms with Crippen molar-refractivity contribution >= 4 is 11.6 Å². The van der Waals surface area contributed by atoms with E-state index in [-0.39, 0.29) is 12.1 Å². The van der Waals surface area contributed by atoms with Crippen molar-refractivity contribution in [1.82, 2.24) is 9.97 Å². The standard InChI is InChI=1S/C24H28N4O/c1-16(19-10-6-11-20(14-19)29-3)25-23-15-24(27-17(2)26-23)28-22-13-7-9-18-8-4-5-12-21(18)22/h4-6,8,10-12,14-16,22H,7,9,13H2,1-3H3,(H2,25,26,27,28)/t16-,22+/m0/s1. The highest BCUT2D eigenvalue weighted by atomic mass is 16.5. The quantitative estimate of drug-likeness (QED) is 0.587. The van der Waals surface area contributed by atoms with Gasteiger partial charge in [-0.25, -0.2) is 9.97 Å². The third-order valence-electron chi connectivity index (χ3n) is 5.49. The number of methoxy groups -OCH3 is 1. The van der Waals surface area contributed by atoms with E-state index in [0.29, 0.717) is 0 Å². The molecule has 0 radical (unpaired) electrons. The molecule has 0 bridgehead atoms. The monoisotopic (exact) mass is 388 g/mol. The molecule has 0 fully saturated rings. The Morgan fingerprint density at radius 3 is 2.72 bits per heavy atom. The average Bonchev–Trinajstić information content (AvgIpc) is 2.73. The first-order chi connectivity index (χ1) is 14.1. The minimum absolute atomic E-state index is 0.0997. The Morgan fingerprint density at radius 2 is 1.86 bits per heavy atom. The summed E-state index contributed by atoms with van der Waals surface area (Å²) >= 11 is 0. The Bertz CT molecular complexity index is 988. The number of fused-ring (bicyclic) bond motifs is 1. The van der Waals surface area contributed by atoms with Crippen molar-refractivity contribution in [3.63, 3.8) is 0 Å². The smallest absolute Gasteiger partial charge is 0.132 e. The molecule has 1 aliphatic carbocycles. The van der Waals surface area contributed by atoms with Gasteiger partial charge in [-0.3, -0.25) is 0 Å². The van der Waals surface area contributed by atoms with Crippen molar-refractivity contribution in [2.75, 3.05) is 17.7 Å². The van der Waals surface area contributed by atoms with Gasteiger partial charge in [0.2, 0.25) is 0 Å². The fourth-order valence-corrected chi connectivity index (χ4v) is 4.01. The molecule has 4 rings (SSSR count). The molecule has 0 saturated carbocycles. The summed E-state index contributed by atoms with van der Waals surface area (Å²) in [5.41, 5.74) is 3.97. The maximum Gasteiger partial charge on any atom is 0.132 e. The molecule has 1 aromatic heterocycles. The molecule has 5 heteroatoms. The molecule has 150 valence electrons. The molecule has 0 spiro atoms. The van der Waals surface area contributed by atoms with Crippen LogP contribution in [0.1, 0.15) is 54.4 Å². The summed E-state index contributed by atoms with van der Waals surface area (Å²) in [4.78, 5) is 9.21. The third-order valence-corrected chi connectivity index (χ3v) is 5.49. The summed E-state index contributed by atoms with van der Waals surface area (Å²) < 4.78 is 5.34. The highest BCUT2D eigenvalue weighted by Gasteiger charge is 2.20. The van der Waals surface area contributed by atoms with Crippen molar-refractivity contribution in [2.45, 2.75) is 45.2 Å². The van der Waals surface area contributed by atoms with Gasteiger partial charge in [0.05, 0.1) is 19.2 Å². The van der Waals surface area contributed by atoms with Crippen LogP contribution in [0.3, 0.4) is 0 Å².